The summed E-state index contributed by atoms with van der Waals surface area (Å²) < 4.78 is 16.7. The summed E-state index contributed by atoms with van der Waals surface area (Å²) in [5.74, 6) is -0.299. The fourth-order valence-corrected chi connectivity index (χ4v) is 3.26. The Morgan fingerprint density at radius 1 is 1.11 bits per heavy atom. The lowest BCUT2D eigenvalue weighted by Crippen LogP contribution is -2.47. The number of pyridine rings is 2. The number of carbonyl (C=O) groups excluding carboxylic acids is 1. The molecule has 0 aromatic carbocycles. The molecule has 1 N–H and O–H groups in total. The molecule has 1 saturated heterocycles. The summed E-state index contributed by atoms with van der Waals surface area (Å²) in [6, 6.07) is 3.68. The van der Waals surface area contributed by atoms with Crippen molar-refractivity contribution in [1.29, 1.82) is 0 Å². The van der Waals surface area contributed by atoms with Gasteiger partial charge in [0.1, 0.15) is 5.82 Å². The van der Waals surface area contributed by atoms with Crippen LogP contribution in [0.3, 0.4) is 0 Å². The highest BCUT2D eigenvalue weighted by Crippen LogP contribution is 2.28. The highest BCUT2D eigenvalue weighted by atomic mass is 19.1. The Kier molecular flexibility index (Phi) is 4.35. The standard InChI is InChI=1S/C19H21FN6O/c1-25-5-3-19(20,4-6-25)18(27)24-17-8-13-7-14(9-21-16(13)11-22-17)15-10-23-26(2)12-15/h7-12H,3-6H2,1-2H3,(H,22,24,27). The number of halogens is 1. The number of hydrogen-bond donors (Lipinski definition) is 1. The zero-order valence-corrected chi connectivity index (χ0v) is 15.3. The van der Waals surface area contributed by atoms with Crippen LogP contribution < -0.4 is 5.32 Å². The van der Waals surface area contributed by atoms with E-state index < -0.39 is 11.6 Å². The van der Waals surface area contributed by atoms with E-state index in [1.54, 1.807) is 29.3 Å². The molecule has 0 unspecified atom stereocenters. The fraction of sp³-hybridized carbons (Fsp3) is 0.368. The third-order valence-corrected chi connectivity index (χ3v) is 5.03. The number of hydrogen-bond acceptors (Lipinski definition) is 5. The molecule has 0 aliphatic carbocycles. The average molecular weight is 368 g/mol. The number of piperidine rings is 1. The van der Waals surface area contributed by atoms with Crippen molar-refractivity contribution in [2.24, 2.45) is 7.05 Å². The number of alkyl halides is 1. The third-order valence-electron chi connectivity index (χ3n) is 5.03. The summed E-state index contributed by atoms with van der Waals surface area (Å²) >= 11 is 0. The fourth-order valence-electron chi connectivity index (χ4n) is 3.26. The highest BCUT2D eigenvalue weighted by molar-refractivity contribution is 5.98. The van der Waals surface area contributed by atoms with Gasteiger partial charge < -0.3 is 10.2 Å². The number of carbonyl (C=O) groups is 1. The summed E-state index contributed by atoms with van der Waals surface area (Å²) in [7, 11) is 3.78. The van der Waals surface area contributed by atoms with Crippen molar-refractivity contribution in [2.45, 2.75) is 18.5 Å². The third kappa shape index (κ3) is 3.52. The molecule has 1 amide bonds. The number of fused-ring (bicyclic) bond motifs is 1. The monoisotopic (exact) mass is 368 g/mol. The van der Waals surface area contributed by atoms with E-state index in [2.05, 4.69) is 20.4 Å². The first-order chi connectivity index (χ1) is 12.9. The molecule has 1 aliphatic rings. The maximum atomic E-state index is 14.9. The second-order valence-electron chi connectivity index (χ2n) is 7.11. The van der Waals surface area contributed by atoms with E-state index >= 15 is 0 Å². The van der Waals surface area contributed by atoms with Crippen molar-refractivity contribution < 1.29 is 9.18 Å². The maximum absolute atomic E-state index is 14.9. The first-order valence-corrected chi connectivity index (χ1v) is 8.87. The summed E-state index contributed by atoms with van der Waals surface area (Å²) in [4.78, 5) is 23.1. The van der Waals surface area contributed by atoms with Gasteiger partial charge in [0.05, 0.1) is 17.9 Å². The number of aromatic nitrogens is 4. The predicted octanol–water partition coefficient (Wildman–Crippen LogP) is 2.40. The molecular weight excluding hydrogens is 347 g/mol. The van der Waals surface area contributed by atoms with Crippen molar-refractivity contribution in [3.8, 4) is 11.1 Å². The Balaban J connectivity index is 1.58. The van der Waals surface area contributed by atoms with Gasteiger partial charge in [0, 0.05) is 61.9 Å². The van der Waals surface area contributed by atoms with Crippen LogP contribution in [0, 0.1) is 0 Å². The quantitative estimate of drug-likeness (QED) is 0.768. The number of anilines is 1. The van der Waals surface area contributed by atoms with Crippen LogP contribution >= 0.6 is 0 Å². The summed E-state index contributed by atoms with van der Waals surface area (Å²) in [5, 5.41) is 7.62. The molecule has 27 heavy (non-hydrogen) atoms. The van der Waals surface area contributed by atoms with Gasteiger partial charge in [-0.25, -0.2) is 9.37 Å². The predicted molar refractivity (Wildman–Crippen MR) is 101 cm³/mol. The van der Waals surface area contributed by atoms with Gasteiger partial charge in [-0.15, -0.1) is 0 Å². The van der Waals surface area contributed by atoms with Crippen LogP contribution in [0.5, 0.6) is 0 Å². The minimum absolute atomic E-state index is 0.190. The minimum Gasteiger partial charge on any atom is -0.308 e. The summed E-state index contributed by atoms with van der Waals surface area (Å²) in [6.45, 7) is 1.13. The van der Waals surface area contributed by atoms with Crippen molar-refractivity contribution >= 4 is 22.6 Å². The number of aryl methyl sites for hydroxylation is 1. The molecule has 3 aromatic heterocycles. The summed E-state index contributed by atoms with van der Waals surface area (Å²) in [6.07, 6.45) is 7.39. The van der Waals surface area contributed by atoms with Gasteiger partial charge in [-0.1, -0.05) is 0 Å². The van der Waals surface area contributed by atoms with Crippen LogP contribution in [0.2, 0.25) is 0 Å². The molecule has 0 radical (unpaired) electrons. The Labute approximate surface area is 156 Å². The average Bonchev–Trinajstić information content (AvgIpc) is 3.10. The molecule has 4 rings (SSSR count). The van der Waals surface area contributed by atoms with Gasteiger partial charge in [-0.05, 0) is 19.2 Å². The lowest BCUT2D eigenvalue weighted by Gasteiger charge is -2.33. The Hall–Kier alpha value is -2.87. The van der Waals surface area contributed by atoms with Gasteiger partial charge >= 0.3 is 0 Å². The smallest absolute Gasteiger partial charge is 0.263 e. The Morgan fingerprint density at radius 3 is 2.59 bits per heavy atom. The molecule has 1 fully saturated rings. The molecule has 3 aromatic rings. The van der Waals surface area contributed by atoms with E-state index in [0.29, 0.717) is 24.4 Å². The second-order valence-corrected chi connectivity index (χ2v) is 7.11. The van der Waals surface area contributed by atoms with E-state index in [1.807, 2.05) is 31.3 Å². The van der Waals surface area contributed by atoms with Crippen LogP contribution in [0.15, 0.2) is 36.9 Å². The molecule has 0 atom stereocenters. The number of rotatable bonds is 3. The zero-order valence-electron chi connectivity index (χ0n) is 15.3. The normalized spacial score (nSPS) is 17.1. The zero-order chi connectivity index (χ0) is 19.0. The van der Waals surface area contributed by atoms with Crippen molar-refractivity contribution in [3.05, 3.63) is 36.9 Å². The van der Waals surface area contributed by atoms with Crippen LogP contribution in [-0.4, -0.2) is 56.4 Å². The van der Waals surface area contributed by atoms with Crippen LogP contribution in [-0.2, 0) is 11.8 Å². The Morgan fingerprint density at radius 2 is 1.89 bits per heavy atom. The lowest BCUT2D eigenvalue weighted by atomic mass is 9.92. The largest absolute Gasteiger partial charge is 0.308 e. The van der Waals surface area contributed by atoms with E-state index in [1.165, 1.54) is 0 Å². The number of likely N-dealkylation sites (tertiary alicyclic amines) is 1. The molecule has 8 heteroatoms. The molecule has 0 spiro atoms. The van der Waals surface area contributed by atoms with Crippen molar-refractivity contribution in [3.63, 3.8) is 0 Å². The highest BCUT2D eigenvalue weighted by Gasteiger charge is 2.41. The van der Waals surface area contributed by atoms with E-state index in [-0.39, 0.29) is 12.8 Å². The van der Waals surface area contributed by atoms with Crippen molar-refractivity contribution in [2.75, 3.05) is 25.5 Å². The first kappa shape index (κ1) is 17.5. The number of nitrogens with zero attached hydrogens (tertiary/aromatic N) is 5. The molecule has 7 nitrogen and oxygen atoms in total. The van der Waals surface area contributed by atoms with Gasteiger partial charge in [0.2, 0.25) is 0 Å². The maximum Gasteiger partial charge on any atom is 0.263 e. The minimum atomic E-state index is -1.85. The Bertz CT molecular complexity index is 993. The molecule has 1 aliphatic heterocycles. The van der Waals surface area contributed by atoms with E-state index in [4.69, 9.17) is 0 Å². The number of nitrogens with one attached hydrogen (secondary N) is 1. The first-order valence-electron chi connectivity index (χ1n) is 8.87. The van der Waals surface area contributed by atoms with Crippen molar-refractivity contribution in [1.82, 2.24) is 24.6 Å². The lowest BCUT2D eigenvalue weighted by molar-refractivity contribution is -0.130. The van der Waals surface area contributed by atoms with Gasteiger partial charge in [0.15, 0.2) is 5.67 Å². The van der Waals surface area contributed by atoms with Crippen LogP contribution in [0.1, 0.15) is 12.8 Å². The molecule has 0 bridgehead atoms. The van der Waals surface area contributed by atoms with Gasteiger partial charge in [-0.3, -0.25) is 14.5 Å². The summed E-state index contributed by atoms with van der Waals surface area (Å²) in [5.41, 5.74) is 0.716. The molecule has 0 saturated carbocycles. The van der Waals surface area contributed by atoms with E-state index in [9.17, 15) is 9.18 Å². The molecular formula is C19H21FN6O. The molecule has 140 valence electrons. The van der Waals surface area contributed by atoms with Gasteiger partial charge in [0.25, 0.3) is 5.91 Å². The van der Waals surface area contributed by atoms with Gasteiger partial charge in [-0.2, -0.15) is 5.10 Å². The van der Waals surface area contributed by atoms with Crippen LogP contribution in [0.25, 0.3) is 22.0 Å². The SMILES string of the molecule is CN1CCC(F)(C(=O)Nc2cc3cc(-c4cnn(C)c4)cnc3cn2)CC1. The topological polar surface area (TPSA) is 75.9 Å². The molecule has 4 heterocycles. The van der Waals surface area contributed by atoms with Crippen LogP contribution in [0.4, 0.5) is 10.2 Å². The van der Waals surface area contributed by atoms with E-state index in [0.717, 1.165) is 16.5 Å². The second kappa shape index (κ2) is 6.70. The number of amides is 1.